The lowest BCUT2D eigenvalue weighted by atomic mass is 9.61. The molecule has 4 aliphatic carbocycles. The maximum absolute atomic E-state index is 7.41. The molecule has 83 heavy (non-hydrogen) atoms. The van der Waals surface area contributed by atoms with Crippen LogP contribution >= 0.6 is 11.3 Å². The van der Waals surface area contributed by atoms with E-state index in [1.54, 1.807) is 0 Å². The summed E-state index contributed by atoms with van der Waals surface area (Å²) in [6, 6.07) is 38.7. The van der Waals surface area contributed by atoms with E-state index in [0.29, 0.717) is 0 Å². The second-order valence-electron chi connectivity index (χ2n) is 32.0. The lowest BCUT2D eigenvalue weighted by Gasteiger charge is -2.43. The molecule has 0 spiro atoms. The van der Waals surface area contributed by atoms with Gasteiger partial charge in [0.1, 0.15) is 16.7 Å². The lowest BCUT2D eigenvalue weighted by Crippen LogP contribution is -2.40. The van der Waals surface area contributed by atoms with Gasteiger partial charge in [-0.2, -0.15) is 0 Å². The van der Waals surface area contributed by atoms with E-state index in [1.807, 2.05) is 11.3 Å². The van der Waals surface area contributed by atoms with Crippen molar-refractivity contribution in [1.82, 2.24) is 0 Å². The Morgan fingerprint density at radius 2 is 0.928 bits per heavy atom. The van der Waals surface area contributed by atoms with E-state index in [0.717, 1.165) is 94.1 Å². The first-order chi connectivity index (χ1) is 38.9. The molecule has 6 heteroatoms. The molecule has 10 aromatic rings. The average molecular weight is 1110 g/mol. The van der Waals surface area contributed by atoms with Crippen molar-refractivity contribution in [1.29, 1.82) is 0 Å². The van der Waals surface area contributed by atoms with Crippen LogP contribution < -0.4 is 20.5 Å². The molecule has 15 rings (SSSR count). The summed E-state index contributed by atoms with van der Waals surface area (Å²) >= 11 is 2.01. The van der Waals surface area contributed by atoms with E-state index in [4.69, 9.17) is 8.83 Å². The number of furan rings is 2. The summed E-state index contributed by atoms with van der Waals surface area (Å²) < 4.78 is 17.5. The van der Waals surface area contributed by atoms with Crippen molar-refractivity contribution >= 4 is 111 Å². The van der Waals surface area contributed by atoms with Gasteiger partial charge in [0.25, 0.3) is 0 Å². The van der Waals surface area contributed by atoms with Crippen LogP contribution in [0.25, 0.3) is 65.1 Å². The summed E-state index contributed by atoms with van der Waals surface area (Å²) in [7, 11) is 0.763. The Morgan fingerprint density at radius 1 is 0.422 bits per heavy atom. The smallest absolute Gasteiger partial charge is 0.211 e. The predicted octanol–water partition coefficient (Wildman–Crippen LogP) is 21.0. The van der Waals surface area contributed by atoms with E-state index in [-0.39, 0.29) is 43.3 Å². The van der Waals surface area contributed by atoms with Gasteiger partial charge in [0, 0.05) is 54.3 Å². The van der Waals surface area contributed by atoms with Crippen molar-refractivity contribution in [2.75, 3.05) is 10.2 Å². The summed E-state index contributed by atoms with van der Waals surface area (Å²) in [6.45, 7) is 41.6. The van der Waals surface area contributed by atoms with Crippen LogP contribution in [-0.4, -0.2) is 7.28 Å². The average Bonchev–Trinajstić information content (AvgIpc) is 2.00. The third kappa shape index (κ3) is 7.81. The fraction of sp³-hybridized carbons (Fsp3) is 0.429. The molecule has 0 atom stereocenters. The molecule has 424 valence electrons. The largest absolute Gasteiger partial charge is 0.456 e. The number of hydrogen-bond donors (Lipinski definition) is 1. The van der Waals surface area contributed by atoms with Gasteiger partial charge in [0.05, 0.1) is 11.4 Å². The standard InChI is InChI=1S/C77H85BN2O2S/c1-42-32-52-56(75(12,13)29-26-71(52,4)5)39-60(42)80-66-50-36-55-58(77(16,17)31-28-74(55,10)11)41-64(50)83-69(66)78-65-48(34-49-44-20-18-19-21-61(44)82-68(49)67(65)80)45-38-62-47(46-35-54-57(40-63(46)81-62)76(14,15)30-27-73(54,8)9)37-59(45)79-43-22-23-51-53(33-43)72(6,7)25-24-70(51,2)3/h18-23,32-41,78-79H,24-31H2,1-17H3. The minimum absolute atomic E-state index is 0.00563. The van der Waals surface area contributed by atoms with Gasteiger partial charge in [-0.25, -0.2) is 0 Å². The fourth-order valence-corrected chi connectivity index (χ4v) is 17.8. The number of hydrogen-bond acceptors (Lipinski definition) is 5. The third-order valence-corrected chi connectivity index (χ3v) is 23.8. The van der Waals surface area contributed by atoms with Crippen LogP contribution in [0.1, 0.15) is 212 Å². The fourth-order valence-electron chi connectivity index (χ4n) is 16.6. The normalized spacial score (nSPS) is 20.8. The lowest BCUT2D eigenvalue weighted by molar-refractivity contribution is 0.332. The Balaban J connectivity index is 1.06. The highest BCUT2D eigenvalue weighted by atomic mass is 32.1. The minimum atomic E-state index is 0.00563. The monoisotopic (exact) mass is 1110 g/mol. The van der Waals surface area contributed by atoms with Crippen LogP contribution in [0, 0.1) is 6.92 Å². The van der Waals surface area contributed by atoms with Crippen molar-refractivity contribution in [3.05, 3.63) is 147 Å². The Morgan fingerprint density at radius 3 is 1.55 bits per heavy atom. The van der Waals surface area contributed by atoms with Crippen molar-refractivity contribution < 1.29 is 8.83 Å². The first-order valence-corrected chi connectivity index (χ1v) is 32.3. The molecule has 7 aromatic carbocycles. The SMILES string of the molecule is Cc1cc2c(cc1N1c3c(sc4cc5c(cc34)C(C)(C)CCC5(C)C)Bc3c(-c4cc5oc6cc7c(cc6c5cc4Nc4ccc5c(c4)C(C)(C)CCC5(C)C)C(C)(C)CCC7(C)C)cc4c(oc5ccccc54)c31)C(C)(C)CCC2(C)C. The molecule has 0 saturated carbocycles. The molecule has 1 N–H and O–H groups in total. The number of nitrogens with zero attached hydrogens (tertiary/aromatic N) is 1. The van der Waals surface area contributed by atoms with E-state index in [2.05, 4.69) is 225 Å². The number of anilines is 5. The first-order valence-electron chi connectivity index (χ1n) is 31.4. The molecule has 0 amide bonds. The molecule has 4 heterocycles. The van der Waals surface area contributed by atoms with Gasteiger partial charge in [-0.3, -0.25) is 0 Å². The summed E-state index contributed by atoms with van der Waals surface area (Å²) in [4.78, 5) is 2.72. The number of benzene rings is 7. The van der Waals surface area contributed by atoms with Crippen LogP contribution in [0.4, 0.5) is 28.4 Å². The van der Waals surface area contributed by atoms with Crippen molar-refractivity contribution in [3.8, 4) is 11.1 Å². The van der Waals surface area contributed by atoms with E-state index in [9.17, 15) is 0 Å². The zero-order valence-corrected chi connectivity index (χ0v) is 53.6. The molecule has 0 saturated heterocycles. The van der Waals surface area contributed by atoms with Crippen LogP contribution in [0.5, 0.6) is 0 Å². The van der Waals surface area contributed by atoms with Gasteiger partial charge < -0.3 is 19.1 Å². The number of aryl methyl sites for hydroxylation is 1. The van der Waals surface area contributed by atoms with Crippen LogP contribution in [0.15, 0.2) is 106 Å². The van der Waals surface area contributed by atoms with Gasteiger partial charge in [-0.1, -0.05) is 141 Å². The molecule has 1 aliphatic heterocycles. The third-order valence-electron chi connectivity index (χ3n) is 22.7. The quantitative estimate of drug-likeness (QED) is 0.178. The summed E-state index contributed by atoms with van der Waals surface area (Å²) in [5.74, 6) is 0. The molecule has 0 fully saturated rings. The van der Waals surface area contributed by atoms with Crippen molar-refractivity contribution in [2.24, 2.45) is 0 Å². The Kier molecular flexibility index (Phi) is 11.0. The van der Waals surface area contributed by atoms with Crippen LogP contribution in [0.2, 0.25) is 0 Å². The van der Waals surface area contributed by atoms with Crippen molar-refractivity contribution in [3.63, 3.8) is 0 Å². The highest BCUT2D eigenvalue weighted by Gasteiger charge is 2.44. The maximum Gasteiger partial charge on any atom is 0.211 e. The molecule has 4 nitrogen and oxygen atoms in total. The zero-order valence-electron chi connectivity index (χ0n) is 52.8. The minimum Gasteiger partial charge on any atom is -0.456 e. The maximum atomic E-state index is 7.41. The number of nitrogens with one attached hydrogen (secondary N) is 1. The molecule has 5 aliphatic rings. The summed E-state index contributed by atoms with van der Waals surface area (Å²) in [5.41, 5.74) is 26.8. The number of fused-ring (bicyclic) bond motifs is 15. The topological polar surface area (TPSA) is 41.6 Å². The van der Waals surface area contributed by atoms with Gasteiger partial charge in [0.15, 0.2) is 5.58 Å². The van der Waals surface area contributed by atoms with Gasteiger partial charge in [-0.05, 0) is 234 Å². The molecule has 3 aromatic heterocycles. The Bertz CT molecular complexity index is 4480. The number of rotatable bonds is 4. The zero-order chi connectivity index (χ0) is 58.2. The molecule has 0 unspecified atom stereocenters. The molecule has 0 radical (unpaired) electrons. The Labute approximate surface area is 498 Å². The van der Waals surface area contributed by atoms with Crippen molar-refractivity contribution in [2.45, 2.75) is 212 Å². The summed E-state index contributed by atoms with van der Waals surface area (Å²) in [5, 5.41) is 10.2. The van der Waals surface area contributed by atoms with Gasteiger partial charge in [-0.15, -0.1) is 11.3 Å². The summed E-state index contributed by atoms with van der Waals surface area (Å²) in [6.07, 6.45) is 9.31. The van der Waals surface area contributed by atoms with E-state index < -0.39 is 0 Å². The highest BCUT2D eigenvalue weighted by molar-refractivity contribution is 7.29. The Hall–Kier alpha value is -6.24. The molecular formula is C77H85BN2O2S. The van der Waals surface area contributed by atoms with Gasteiger partial charge in [0.2, 0.25) is 7.28 Å². The first kappa shape index (κ1) is 53.5. The molecule has 0 bridgehead atoms. The number of thiophene rings is 1. The second kappa shape index (κ2) is 17.0. The predicted molar refractivity (Wildman–Crippen MR) is 359 cm³/mol. The van der Waals surface area contributed by atoms with E-state index >= 15 is 0 Å². The molecular weight excluding hydrogens is 1030 g/mol. The van der Waals surface area contributed by atoms with Crippen LogP contribution in [0.3, 0.4) is 0 Å². The van der Waals surface area contributed by atoms with E-state index in [1.165, 1.54) is 118 Å². The highest BCUT2D eigenvalue weighted by Crippen LogP contribution is 2.57. The second-order valence-corrected chi connectivity index (χ2v) is 33.2. The van der Waals surface area contributed by atoms with Crippen LogP contribution in [-0.2, 0) is 43.3 Å². The van der Waals surface area contributed by atoms with Gasteiger partial charge >= 0.3 is 0 Å². The number of para-hydroxylation sites is 1.